The predicted octanol–water partition coefficient (Wildman–Crippen LogP) is 1.16. The SMILES string of the molecule is CC1=CN=CN=C=C1. The molecule has 40 valence electrons. The smallest absolute Gasteiger partial charge is 0.125 e. The third-order valence-corrected chi connectivity index (χ3v) is 0.769. The first-order valence-corrected chi connectivity index (χ1v) is 2.36. The summed E-state index contributed by atoms with van der Waals surface area (Å²) in [6.07, 6.45) is 4.99. The highest BCUT2D eigenvalue weighted by Crippen LogP contribution is 1.92. The molecule has 0 saturated carbocycles. The number of rotatable bonds is 0. The first-order valence-electron chi connectivity index (χ1n) is 2.36. The van der Waals surface area contributed by atoms with Gasteiger partial charge in [-0.3, -0.25) is 0 Å². The second kappa shape index (κ2) is 2.24. The normalized spacial score (nSPS) is 15.9. The van der Waals surface area contributed by atoms with Gasteiger partial charge >= 0.3 is 0 Å². The van der Waals surface area contributed by atoms with Crippen LogP contribution in [0.3, 0.4) is 0 Å². The average molecular weight is 106 g/mol. The van der Waals surface area contributed by atoms with E-state index in [2.05, 4.69) is 15.9 Å². The average Bonchev–Trinajstić information content (AvgIpc) is 1.94. The van der Waals surface area contributed by atoms with E-state index in [0.717, 1.165) is 5.57 Å². The number of nitrogens with zero attached hydrogens (tertiary/aromatic N) is 2. The summed E-state index contributed by atoms with van der Waals surface area (Å²) in [5.41, 5.74) is 1.07. The fourth-order valence-electron chi connectivity index (χ4n) is 0.394. The minimum Gasteiger partial charge on any atom is -0.244 e. The molecule has 0 spiro atoms. The van der Waals surface area contributed by atoms with Gasteiger partial charge in [-0.05, 0) is 18.4 Å². The molecule has 2 nitrogen and oxygen atoms in total. The summed E-state index contributed by atoms with van der Waals surface area (Å²) in [6, 6.07) is 0. The fourth-order valence-corrected chi connectivity index (χ4v) is 0.394. The van der Waals surface area contributed by atoms with E-state index in [1.165, 1.54) is 6.34 Å². The second-order valence-electron chi connectivity index (χ2n) is 1.54. The summed E-state index contributed by atoms with van der Waals surface area (Å²) < 4.78 is 0. The predicted molar refractivity (Wildman–Crippen MR) is 34.3 cm³/mol. The molecule has 0 aromatic rings. The minimum absolute atomic E-state index is 1.07. The number of aliphatic imine (C=N–C) groups is 2. The van der Waals surface area contributed by atoms with Crippen molar-refractivity contribution in [3.8, 4) is 0 Å². The van der Waals surface area contributed by atoms with Crippen LogP contribution in [-0.2, 0) is 0 Å². The molecule has 0 fully saturated rings. The molecule has 0 saturated heterocycles. The third-order valence-electron chi connectivity index (χ3n) is 0.769. The molecule has 1 heterocycles. The lowest BCUT2D eigenvalue weighted by atomic mass is 10.3. The van der Waals surface area contributed by atoms with Gasteiger partial charge in [0, 0.05) is 12.3 Å². The maximum Gasteiger partial charge on any atom is 0.125 e. The molecule has 0 bridgehead atoms. The monoisotopic (exact) mass is 106 g/mol. The highest BCUT2D eigenvalue weighted by Gasteiger charge is 1.78. The van der Waals surface area contributed by atoms with E-state index in [9.17, 15) is 0 Å². The van der Waals surface area contributed by atoms with E-state index < -0.39 is 0 Å². The van der Waals surface area contributed by atoms with Gasteiger partial charge in [-0.1, -0.05) is 0 Å². The van der Waals surface area contributed by atoms with Crippen LogP contribution in [0.15, 0.2) is 27.8 Å². The van der Waals surface area contributed by atoms with Gasteiger partial charge in [0.1, 0.15) is 6.34 Å². The molecule has 8 heavy (non-hydrogen) atoms. The van der Waals surface area contributed by atoms with E-state index in [0.29, 0.717) is 0 Å². The summed E-state index contributed by atoms with van der Waals surface area (Å²) in [5, 5.41) is 0. The first kappa shape index (κ1) is 5.01. The molecule has 1 aliphatic heterocycles. The van der Waals surface area contributed by atoms with Crippen LogP contribution >= 0.6 is 0 Å². The quantitative estimate of drug-likeness (QED) is 0.442. The zero-order valence-corrected chi connectivity index (χ0v) is 4.63. The number of allylic oxidation sites excluding steroid dienone is 2. The van der Waals surface area contributed by atoms with Crippen molar-refractivity contribution in [2.45, 2.75) is 6.92 Å². The highest BCUT2D eigenvalue weighted by atomic mass is 14.8. The zero-order chi connectivity index (χ0) is 5.82. The van der Waals surface area contributed by atoms with Crippen LogP contribution < -0.4 is 0 Å². The second-order valence-corrected chi connectivity index (χ2v) is 1.54. The molecule has 1 aliphatic rings. The Hall–Kier alpha value is -1.14. The van der Waals surface area contributed by atoms with Crippen molar-refractivity contribution in [2.75, 3.05) is 0 Å². The van der Waals surface area contributed by atoms with Crippen LogP contribution in [0.2, 0.25) is 0 Å². The van der Waals surface area contributed by atoms with Crippen molar-refractivity contribution in [3.05, 3.63) is 17.8 Å². The molecule has 0 N–H and O–H groups in total. The number of hydrogen-bond donors (Lipinski definition) is 0. The summed E-state index contributed by atoms with van der Waals surface area (Å²) in [7, 11) is 0. The lowest BCUT2D eigenvalue weighted by Gasteiger charge is -1.77. The van der Waals surface area contributed by atoms with Gasteiger partial charge in [0.2, 0.25) is 0 Å². The Morgan fingerprint density at radius 3 is 3.38 bits per heavy atom. The van der Waals surface area contributed by atoms with Crippen molar-refractivity contribution < 1.29 is 0 Å². The van der Waals surface area contributed by atoms with E-state index in [4.69, 9.17) is 0 Å². The Labute approximate surface area is 48.0 Å². The van der Waals surface area contributed by atoms with Crippen molar-refractivity contribution >= 4 is 12.2 Å². The van der Waals surface area contributed by atoms with Crippen molar-refractivity contribution in [3.63, 3.8) is 0 Å². The lowest BCUT2D eigenvalue weighted by Crippen LogP contribution is -1.61. The van der Waals surface area contributed by atoms with Crippen LogP contribution in [0, 0.1) is 0 Å². The van der Waals surface area contributed by atoms with Gasteiger partial charge in [0.15, 0.2) is 0 Å². The number of hydrogen-bond acceptors (Lipinski definition) is 2. The fraction of sp³-hybridized carbons (Fsp3) is 0.167. The summed E-state index contributed by atoms with van der Waals surface area (Å²) >= 11 is 0. The Kier molecular flexibility index (Phi) is 1.40. The van der Waals surface area contributed by atoms with Crippen LogP contribution in [-0.4, -0.2) is 12.2 Å². The molecular formula is C6H6N2. The van der Waals surface area contributed by atoms with Crippen LogP contribution in [0.4, 0.5) is 0 Å². The summed E-state index contributed by atoms with van der Waals surface area (Å²) in [6.45, 7) is 1.95. The molecule has 2 heteroatoms. The maximum absolute atomic E-state index is 3.80. The Morgan fingerprint density at radius 1 is 1.62 bits per heavy atom. The summed E-state index contributed by atoms with van der Waals surface area (Å²) in [5.74, 6) is 2.68. The van der Waals surface area contributed by atoms with E-state index in [1.54, 1.807) is 12.3 Å². The standard InChI is InChI=1S/C6H6N2/c1-6-2-3-7-5-8-4-6/h2,4-5H,1H3. The van der Waals surface area contributed by atoms with Gasteiger partial charge in [0.05, 0.1) is 0 Å². The zero-order valence-electron chi connectivity index (χ0n) is 4.63. The molecular weight excluding hydrogens is 100 g/mol. The van der Waals surface area contributed by atoms with Crippen LogP contribution in [0.25, 0.3) is 0 Å². The van der Waals surface area contributed by atoms with Crippen molar-refractivity contribution in [1.82, 2.24) is 0 Å². The van der Waals surface area contributed by atoms with Crippen LogP contribution in [0.5, 0.6) is 0 Å². The van der Waals surface area contributed by atoms with Gasteiger partial charge in [-0.15, -0.1) is 0 Å². The molecule has 0 unspecified atom stereocenters. The Morgan fingerprint density at radius 2 is 2.50 bits per heavy atom. The molecule has 0 aromatic carbocycles. The van der Waals surface area contributed by atoms with Gasteiger partial charge < -0.3 is 0 Å². The van der Waals surface area contributed by atoms with E-state index in [-0.39, 0.29) is 0 Å². The largest absolute Gasteiger partial charge is 0.244 e. The molecule has 0 aromatic heterocycles. The molecule has 1 rings (SSSR count). The first-order chi connectivity index (χ1) is 3.89. The molecule has 0 aliphatic carbocycles. The minimum atomic E-state index is 1.07. The Balaban J connectivity index is 2.94. The topological polar surface area (TPSA) is 24.7 Å². The molecule has 0 atom stereocenters. The lowest BCUT2D eigenvalue weighted by molar-refractivity contribution is 1.45. The third kappa shape index (κ3) is 1.17. The maximum atomic E-state index is 3.80. The van der Waals surface area contributed by atoms with E-state index >= 15 is 0 Å². The van der Waals surface area contributed by atoms with Crippen molar-refractivity contribution in [1.29, 1.82) is 0 Å². The van der Waals surface area contributed by atoms with Gasteiger partial charge in [-0.2, -0.15) is 4.99 Å². The molecule has 0 amide bonds. The summed E-state index contributed by atoms with van der Waals surface area (Å²) in [4.78, 5) is 7.48. The van der Waals surface area contributed by atoms with Crippen LogP contribution in [0.1, 0.15) is 6.92 Å². The highest BCUT2D eigenvalue weighted by molar-refractivity contribution is 5.72. The van der Waals surface area contributed by atoms with Gasteiger partial charge in [-0.25, -0.2) is 4.99 Å². The molecule has 0 radical (unpaired) electrons. The Bertz CT molecular complexity index is 193. The van der Waals surface area contributed by atoms with Gasteiger partial charge in [0.25, 0.3) is 0 Å². The van der Waals surface area contributed by atoms with E-state index in [1.807, 2.05) is 6.92 Å². The van der Waals surface area contributed by atoms with Crippen molar-refractivity contribution in [2.24, 2.45) is 9.98 Å².